The van der Waals surface area contributed by atoms with Gasteiger partial charge in [0.2, 0.25) is 5.91 Å². The van der Waals surface area contributed by atoms with Crippen molar-refractivity contribution in [2.24, 2.45) is 0 Å². The van der Waals surface area contributed by atoms with Gasteiger partial charge >= 0.3 is 0 Å². The molecule has 1 atom stereocenters. The molecule has 0 bridgehead atoms. The van der Waals surface area contributed by atoms with Crippen molar-refractivity contribution in [3.8, 4) is 0 Å². The van der Waals surface area contributed by atoms with E-state index in [1.54, 1.807) is 24.1 Å². The third kappa shape index (κ3) is 3.59. The predicted molar refractivity (Wildman–Crippen MR) is 101 cm³/mol. The van der Waals surface area contributed by atoms with Crippen molar-refractivity contribution in [1.29, 1.82) is 0 Å². The van der Waals surface area contributed by atoms with Crippen LogP contribution in [0.4, 0.5) is 5.69 Å². The number of rotatable bonds is 6. The lowest BCUT2D eigenvalue weighted by Gasteiger charge is -2.25. The van der Waals surface area contributed by atoms with Crippen LogP contribution >= 0.6 is 0 Å². The molecule has 0 saturated heterocycles. The second-order valence-corrected chi connectivity index (χ2v) is 6.39. The second-order valence-electron chi connectivity index (χ2n) is 6.39. The smallest absolute Gasteiger partial charge is 0.269 e. The number of fused-ring (bicyclic) bond motifs is 1. The van der Waals surface area contributed by atoms with Gasteiger partial charge in [0.05, 0.1) is 11.0 Å². The lowest BCUT2D eigenvalue weighted by atomic mass is 10.0. The highest BCUT2D eigenvalue weighted by molar-refractivity contribution is 5.84. The largest absolute Gasteiger partial charge is 0.361 e. The van der Waals surface area contributed by atoms with E-state index in [0.29, 0.717) is 12.8 Å². The minimum absolute atomic E-state index is 0.00860. The highest BCUT2D eigenvalue weighted by atomic mass is 16.6. The number of aromatic nitrogens is 1. The first-order chi connectivity index (χ1) is 12.5. The number of H-pyrrole nitrogens is 1. The van der Waals surface area contributed by atoms with Gasteiger partial charge in [-0.05, 0) is 30.5 Å². The molecule has 6 nitrogen and oxygen atoms in total. The van der Waals surface area contributed by atoms with Crippen LogP contribution in [0.3, 0.4) is 0 Å². The molecule has 0 unspecified atom stereocenters. The molecule has 0 aliphatic carbocycles. The fourth-order valence-corrected chi connectivity index (χ4v) is 3.09. The van der Waals surface area contributed by atoms with Gasteiger partial charge in [-0.2, -0.15) is 0 Å². The Morgan fingerprint density at radius 1 is 1.23 bits per heavy atom. The number of aromatic amines is 1. The minimum Gasteiger partial charge on any atom is -0.361 e. The normalized spacial score (nSPS) is 12.1. The number of aryl methyl sites for hydroxylation is 1. The van der Waals surface area contributed by atoms with Crippen molar-refractivity contribution in [3.63, 3.8) is 0 Å². The number of nitrogens with zero attached hydrogens (tertiary/aromatic N) is 2. The first-order valence-electron chi connectivity index (χ1n) is 8.52. The molecule has 0 saturated carbocycles. The number of para-hydroxylation sites is 1. The summed E-state index contributed by atoms with van der Waals surface area (Å²) < 4.78 is 0. The van der Waals surface area contributed by atoms with Crippen LogP contribution in [-0.4, -0.2) is 27.8 Å². The van der Waals surface area contributed by atoms with Crippen LogP contribution in [0.2, 0.25) is 0 Å². The molecule has 0 aliphatic heterocycles. The maximum absolute atomic E-state index is 12.6. The summed E-state index contributed by atoms with van der Waals surface area (Å²) >= 11 is 0. The number of nitro groups is 1. The van der Waals surface area contributed by atoms with E-state index in [9.17, 15) is 14.9 Å². The number of nitrogens with one attached hydrogen (secondary N) is 1. The number of benzene rings is 2. The van der Waals surface area contributed by atoms with Crippen molar-refractivity contribution < 1.29 is 9.72 Å². The van der Waals surface area contributed by atoms with E-state index < -0.39 is 4.92 Å². The van der Waals surface area contributed by atoms with Gasteiger partial charge < -0.3 is 9.88 Å². The molecule has 3 rings (SSSR count). The van der Waals surface area contributed by atoms with Crippen LogP contribution in [0, 0.1) is 10.1 Å². The van der Waals surface area contributed by atoms with Crippen LogP contribution in [0.25, 0.3) is 10.9 Å². The Balaban J connectivity index is 1.67. The molecule has 134 valence electrons. The fourth-order valence-electron chi connectivity index (χ4n) is 3.09. The summed E-state index contributed by atoms with van der Waals surface area (Å²) in [6, 6.07) is 14.2. The van der Waals surface area contributed by atoms with Crippen molar-refractivity contribution in [3.05, 3.63) is 76.0 Å². The molecule has 1 amide bonds. The summed E-state index contributed by atoms with van der Waals surface area (Å²) in [6.45, 7) is 1.88. The van der Waals surface area contributed by atoms with E-state index in [-0.39, 0.29) is 17.6 Å². The number of nitro benzene ring substituents is 1. The molecule has 26 heavy (non-hydrogen) atoms. The van der Waals surface area contributed by atoms with E-state index in [1.807, 2.05) is 37.4 Å². The molecule has 1 aromatic heterocycles. The van der Waals surface area contributed by atoms with Crippen LogP contribution in [0.15, 0.2) is 54.7 Å². The van der Waals surface area contributed by atoms with Crippen LogP contribution in [0.1, 0.15) is 30.5 Å². The Bertz CT molecular complexity index is 948. The van der Waals surface area contributed by atoms with Gasteiger partial charge in [0, 0.05) is 42.7 Å². The molecule has 0 radical (unpaired) electrons. The summed E-state index contributed by atoms with van der Waals surface area (Å²) in [5, 5.41) is 12.1. The number of amides is 1. The Labute approximate surface area is 151 Å². The van der Waals surface area contributed by atoms with Gasteiger partial charge in [-0.1, -0.05) is 30.3 Å². The number of carbonyl (C=O) groups is 1. The SMILES string of the molecule is C[C@@H](c1cccc([N+](=O)[O-])c1)N(C)C(=O)CCc1c[nH]c2ccccc12. The predicted octanol–water partition coefficient (Wildman–Crippen LogP) is 4.23. The third-order valence-electron chi connectivity index (χ3n) is 4.82. The average Bonchev–Trinajstić information content (AvgIpc) is 3.08. The topological polar surface area (TPSA) is 79.2 Å². The highest BCUT2D eigenvalue weighted by Crippen LogP contribution is 2.24. The van der Waals surface area contributed by atoms with Gasteiger partial charge in [-0.25, -0.2) is 0 Å². The molecule has 0 aliphatic rings. The van der Waals surface area contributed by atoms with E-state index >= 15 is 0 Å². The highest BCUT2D eigenvalue weighted by Gasteiger charge is 2.19. The van der Waals surface area contributed by atoms with Crippen molar-refractivity contribution >= 4 is 22.5 Å². The Hall–Kier alpha value is -3.15. The summed E-state index contributed by atoms with van der Waals surface area (Å²) in [5.74, 6) is 0.00860. The first-order valence-corrected chi connectivity index (χ1v) is 8.52. The standard InChI is InChI=1S/C20H21N3O3/c1-14(15-6-5-7-17(12-15)23(25)26)22(2)20(24)11-10-16-13-21-19-9-4-3-8-18(16)19/h3-9,12-14,21H,10-11H2,1-2H3/t14-/m0/s1. The lowest BCUT2D eigenvalue weighted by Crippen LogP contribution is -2.29. The number of hydrogen-bond donors (Lipinski definition) is 1. The van der Waals surface area contributed by atoms with Crippen molar-refractivity contribution in [2.75, 3.05) is 7.05 Å². The van der Waals surface area contributed by atoms with Gasteiger partial charge in [0.25, 0.3) is 5.69 Å². The number of non-ortho nitro benzene ring substituents is 1. The van der Waals surface area contributed by atoms with Crippen molar-refractivity contribution in [1.82, 2.24) is 9.88 Å². The van der Waals surface area contributed by atoms with Crippen LogP contribution in [-0.2, 0) is 11.2 Å². The molecule has 3 aromatic rings. The van der Waals surface area contributed by atoms with E-state index in [1.165, 1.54) is 12.1 Å². The Morgan fingerprint density at radius 2 is 2.00 bits per heavy atom. The van der Waals surface area contributed by atoms with Gasteiger partial charge in [-0.15, -0.1) is 0 Å². The third-order valence-corrected chi connectivity index (χ3v) is 4.82. The van der Waals surface area contributed by atoms with Gasteiger partial charge in [-0.3, -0.25) is 14.9 Å². The molecule has 1 heterocycles. The van der Waals surface area contributed by atoms with Crippen LogP contribution < -0.4 is 0 Å². The second kappa shape index (κ2) is 7.39. The summed E-state index contributed by atoms with van der Waals surface area (Å²) in [5.41, 5.74) is 2.97. The molecular weight excluding hydrogens is 330 g/mol. The zero-order valence-electron chi connectivity index (χ0n) is 14.8. The van der Waals surface area contributed by atoms with Gasteiger partial charge in [0.15, 0.2) is 0 Å². The monoisotopic (exact) mass is 351 g/mol. The van der Waals surface area contributed by atoms with Gasteiger partial charge in [0.1, 0.15) is 0 Å². The van der Waals surface area contributed by atoms with Crippen LogP contribution in [0.5, 0.6) is 0 Å². The maximum atomic E-state index is 12.6. The zero-order valence-corrected chi connectivity index (χ0v) is 14.8. The maximum Gasteiger partial charge on any atom is 0.269 e. The summed E-state index contributed by atoms with van der Waals surface area (Å²) in [6.07, 6.45) is 2.98. The van der Waals surface area contributed by atoms with E-state index in [0.717, 1.165) is 22.0 Å². The number of carbonyl (C=O) groups excluding carboxylic acids is 1. The molecular formula is C20H21N3O3. The van der Waals surface area contributed by atoms with Crippen molar-refractivity contribution in [2.45, 2.75) is 25.8 Å². The minimum atomic E-state index is -0.422. The molecule has 1 N–H and O–H groups in total. The number of hydrogen-bond acceptors (Lipinski definition) is 3. The lowest BCUT2D eigenvalue weighted by molar-refractivity contribution is -0.384. The Kier molecular flexibility index (Phi) is 5.02. The molecule has 0 spiro atoms. The first kappa shape index (κ1) is 17.7. The average molecular weight is 351 g/mol. The molecule has 2 aromatic carbocycles. The molecule has 0 fully saturated rings. The van der Waals surface area contributed by atoms with E-state index in [4.69, 9.17) is 0 Å². The quantitative estimate of drug-likeness (QED) is 0.533. The Morgan fingerprint density at radius 3 is 2.77 bits per heavy atom. The summed E-state index contributed by atoms with van der Waals surface area (Å²) in [7, 11) is 1.74. The van der Waals surface area contributed by atoms with E-state index in [2.05, 4.69) is 4.98 Å². The summed E-state index contributed by atoms with van der Waals surface area (Å²) in [4.78, 5) is 28.0. The molecule has 6 heteroatoms. The fraction of sp³-hybridized carbons (Fsp3) is 0.250. The zero-order chi connectivity index (χ0) is 18.7.